The molecule has 0 heterocycles. The summed E-state index contributed by atoms with van der Waals surface area (Å²) in [6, 6.07) is 16.1. The molecule has 0 aromatic heterocycles. The number of nitrogens with two attached hydrogens (primary N) is 1. The van der Waals surface area contributed by atoms with Gasteiger partial charge in [-0.15, -0.1) is 11.8 Å². The first-order chi connectivity index (χ1) is 9.16. The third-order valence-corrected chi connectivity index (χ3v) is 3.58. The lowest BCUT2D eigenvalue weighted by Gasteiger charge is -2.03. The molecule has 0 bridgehead atoms. The van der Waals surface area contributed by atoms with Gasteiger partial charge in [-0.3, -0.25) is 9.59 Å². The number of hydrogen-bond acceptors (Lipinski definition) is 3. The maximum Gasteiger partial charge on any atom is 0.248 e. The van der Waals surface area contributed by atoms with E-state index < -0.39 is 5.91 Å². The van der Waals surface area contributed by atoms with Gasteiger partial charge in [-0.1, -0.05) is 36.4 Å². The Bertz CT molecular complexity index is 596. The van der Waals surface area contributed by atoms with E-state index in [1.54, 1.807) is 30.3 Å². The molecule has 0 saturated carbocycles. The summed E-state index contributed by atoms with van der Waals surface area (Å²) in [7, 11) is 0. The largest absolute Gasteiger partial charge is 0.366 e. The summed E-state index contributed by atoms with van der Waals surface area (Å²) in [4.78, 5) is 23.8. The van der Waals surface area contributed by atoms with Gasteiger partial charge in [-0.2, -0.15) is 0 Å². The van der Waals surface area contributed by atoms with E-state index in [1.807, 2.05) is 24.3 Å². The van der Waals surface area contributed by atoms with Gasteiger partial charge in [0.1, 0.15) is 0 Å². The monoisotopic (exact) mass is 271 g/mol. The van der Waals surface area contributed by atoms with E-state index in [0.29, 0.717) is 16.9 Å². The fraction of sp³-hybridized carbons (Fsp3) is 0.0667. The van der Waals surface area contributed by atoms with Gasteiger partial charge in [0.25, 0.3) is 0 Å². The van der Waals surface area contributed by atoms with Crippen LogP contribution in [0.1, 0.15) is 20.7 Å². The zero-order valence-electron chi connectivity index (χ0n) is 10.2. The summed E-state index contributed by atoms with van der Waals surface area (Å²) in [5.74, 6) is -0.0569. The molecule has 0 atom stereocenters. The first-order valence-corrected chi connectivity index (χ1v) is 6.76. The lowest BCUT2D eigenvalue weighted by Crippen LogP contribution is -2.10. The van der Waals surface area contributed by atoms with Gasteiger partial charge in [-0.25, -0.2) is 0 Å². The van der Waals surface area contributed by atoms with Crippen LogP contribution in [-0.4, -0.2) is 17.4 Å². The second-order valence-corrected chi connectivity index (χ2v) is 5.02. The quantitative estimate of drug-likeness (QED) is 0.672. The Morgan fingerprint density at radius 1 is 0.947 bits per heavy atom. The third-order valence-electron chi connectivity index (χ3n) is 2.58. The molecule has 0 saturated heterocycles. The summed E-state index contributed by atoms with van der Waals surface area (Å²) >= 11 is 1.40. The Labute approximate surface area is 115 Å². The number of Topliss-reactive ketones (excluding diaryl/α,β-unsaturated/α-hetero) is 1. The van der Waals surface area contributed by atoms with Crippen LogP contribution in [-0.2, 0) is 0 Å². The first-order valence-electron chi connectivity index (χ1n) is 5.78. The van der Waals surface area contributed by atoms with Crippen LogP contribution < -0.4 is 5.73 Å². The third kappa shape index (κ3) is 3.69. The van der Waals surface area contributed by atoms with E-state index in [0.717, 1.165) is 4.90 Å². The Morgan fingerprint density at radius 2 is 1.63 bits per heavy atom. The fourth-order valence-electron chi connectivity index (χ4n) is 1.60. The van der Waals surface area contributed by atoms with E-state index >= 15 is 0 Å². The number of carbonyl (C=O) groups excluding carboxylic acids is 2. The van der Waals surface area contributed by atoms with Crippen molar-refractivity contribution in [1.29, 1.82) is 0 Å². The van der Waals surface area contributed by atoms with Crippen molar-refractivity contribution < 1.29 is 9.59 Å². The van der Waals surface area contributed by atoms with E-state index in [4.69, 9.17) is 5.73 Å². The molecule has 1 amide bonds. The number of thioether (sulfide) groups is 1. The average Bonchev–Trinajstić information content (AvgIpc) is 2.46. The van der Waals surface area contributed by atoms with Crippen LogP contribution in [0.2, 0.25) is 0 Å². The lowest BCUT2D eigenvalue weighted by atomic mass is 10.2. The predicted molar refractivity (Wildman–Crippen MR) is 76.5 cm³/mol. The van der Waals surface area contributed by atoms with Crippen LogP contribution in [0.3, 0.4) is 0 Å². The second kappa shape index (κ2) is 6.20. The highest BCUT2D eigenvalue weighted by Crippen LogP contribution is 2.20. The molecule has 3 nitrogen and oxygen atoms in total. The first kappa shape index (κ1) is 13.4. The van der Waals surface area contributed by atoms with Crippen molar-refractivity contribution in [2.24, 2.45) is 5.73 Å². The fourth-order valence-corrected chi connectivity index (χ4v) is 2.44. The maximum absolute atomic E-state index is 11.9. The molecular weight excluding hydrogens is 258 g/mol. The highest BCUT2D eigenvalue weighted by atomic mass is 32.2. The van der Waals surface area contributed by atoms with Gasteiger partial charge in [0.2, 0.25) is 5.91 Å². The van der Waals surface area contributed by atoms with Crippen LogP contribution in [0.5, 0.6) is 0 Å². The minimum atomic E-state index is -0.461. The number of ketones is 1. The smallest absolute Gasteiger partial charge is 0.248 e. The molecule has 19 heavy (non-hydrogen) atoms. The Hall–Kier alpha value is -2.07. The molecule has 4 heteroatoms. The Balaban J connectivity index is 2.01. The van der Waals surface area contributed by atoms with Gasteiger partial charge in [-0.05, 0) is 18.2 Å². The maximum atomic E-state index is 11.9. The zero-order valence-corrected chi connectivity index (χ0v) is 11.0. The molecule has 0 unspecified atom stereocenters. The summed E-state index contributed by atoms with van der Waals surface area (Å²) < 4.78 is 0. The summed E-state index contributed by atoms with van der Waals surface area (Å²) in [6.07, 6.45) is 0. The molecule has 0 spiro atoms. The van der Waals surface area contributed by atoms with Crippen LogP contribution in [0.25, 0.3) is 0 Å². The number of carbonyl (C=O) groups is 2. The van der Waals surface area contributed by atoms with Crippen molar-refractivity contribution >= 4 is 23.5 Å². The molecule has 0 aliphatic rings. The minimum Gasteiger partial charge on any atom is -0.366 e. The van der Waals surface area contributed by atoms with E-state index in [-0.39, 0.29) is 5.78 Å². The predicted octanol–water partition coefficient (Wildman–Crippen LogP) is 2.76. The van der Waals surface area contributed by atoms with Crippen LogP contribution in [0, 0.1) is 0 Å². The summed E-state index contributed by atoms with van der Waals surface area (Å²) in [6.45, 7) is 0. The van der Waals surface area contributed by atoms with Crippen LogP contribution in [0.15, 0.2) is 59.5 Å². The van der Waals surface area contributed by atoms with Gasteiger partial charge >= 0.3 is 0 Å². The number of primary amides is 1. The lowest BCUT2D eigenvalue weighted by molar-refractivity contribution is 0.0997. The molecule has 2 N–H and O–H groups in total. The van der Waals surface area contributed by atoms with Gasteiger partial charge in [0.15, 0.2) is 5.78 Å². The molecule has 2 rings (SSSR count). The Kier molecular flexibility index (Phi) is 4.36. The highest BCUT2D eigenvalue weighted by Gasteiger charge is 2.07. The highest BCUT2D eigenvalue weighted by molar-refractivity contribution is 8.00. The molecule has 0 fully saturated rings. The van der Waals surface area contributed by atoms with Crippen molar-refractivity contribution in [3.05, 3.63) is 65.7 Å². The molecule has 2 aromatic carbocycles. The standard InChI is InChI=1S/C15H13NO2S/c16-15(18)12-7-4-8-13(9-12)19-10-14(17)11-5-2-1-3-6-11/h1-9H,10H2,(H2,16,18). The SMILES string of the molecule is NC(=O)c1cccc(SCC(=O)c2ccccc2)c1. The van der Waals surface area contributed by atoms with Crippen molar-refractivity contribution in [3.63, 3.8) is 0 Å². The molecular formula is C15H13NO2S. The normalized spacial score (nSPS) is 10.1. The number of amides is 1. The van der Waals surface area contributed by atoms with Gasteiger partial charge < -0.3 is 5.73 Å². The summed E-state index contributed by atoms with van der Waals surface area (Å²) in [5, 5.41) is 0. The van der Waals surface area contributed by atoms with Gasteiger partial charge in [0, 0.05) is 16.0 Å². The topological polar surface area (TPSA) is 60.2 Å². The van der Waals surface area contributed by atoms with Crippen LogP contribution >= 0.6 is 11.8 Å². The van der Waals surface area contributed by atoms with Crippen molar-refractivity contribution in [2.45, 2.75) is 4.90 Å². The number of rotatable bonds is 5. The Morgan fingerprint density at radius 3 is 2.32 bits per heavy atom. The molecule has 96 valence electrons. The molecule has 0 radical (unpaired) electrons. The van der Waals surface area contributed by atoms with Crippen molar-refractivity contribution in [2.75, 3.05) is 5.75 Å². The van der Waals surface area contributed by atoms with Crippen molar-refractivity contribution in [1.82, 2.24) is 0 Å². The molecule has 0 aliphatic heterocycles. The van der Waals surface area contributed by atoms with E-state index in [1.165, 1.54) is 11.8 Å². The number of benzene rings is 2. The van der Waals surface area contributed by atoms with Gasteiger partial charge in [0.05, 0.1) is 5.75 Å². The molecule has 2 aromatic rings. The molecule has 0 aliphatic carbocycles. The summed E-state index contributed by atoms with van der Waals surface area (Å²) in [5.41, 5.74) is 6.37. The minimum absolute atomic E-state index is 0.0649. The zero-order chi connectivity index (χ0) is 13.7. The number of hydrogen-bond donors (Lipinski definition) is 1. The van der Waals surface area contributed by atoms with E-state index in [9.17, 15) is 9.59 Å². The average molecular weight is 271 g/mol. The van der Waals surface area contributed by atoms with Crippen LogP contribution in [0.4, 0.5) is 0 Å². The second-order valence-electron chi connectivity index (χ2n) is 3.97. The van der Waals surface area contributed by atoms with E-state index in [2.05, 4.69) is 0 Å². The van der Waals surface area contributed by atoms with Crippen molar-refractivity contribution in [3.8, 4) is 0 Å².